The Morgan fingerprint density at radius 1 is 1.46 bits per heavy atom. The molecule has 1 fully saturated rings. The van der Waals surface area contributed by atoms with E-state index < -0.39 is 20.5 Å². The molecule has 3 rings (SSSR count). The highest BCUT2D eigenvalue weighted by Crippen LogP contribution is 2.34. The minimum atomic E-state index is -3.56. The predicted molar refractivity (Wildman–Crippen MR) is 85.8 cm³/mol. The first-order valence-electron chi connectivity index (χ1n) is 7.58. The second-order valence-corrected chi connectivity index (χ2v) is 9.08. The minimum absolute atomic E-state index is 0.00490. The number of H-pyrrole nitrogens is 1. The molecule has 10 heteroatoms. The van der Waals surface area contributed by atoms with Gasteiger partial charge in [-0.1, -0.05) is 5.16 Å². The van der Waals surface area contributed by atoms with Gasteiger partial charge < -0.3 is 4.52 Å². The molecule has 2 heterocycles. The van der Waals surface area contributed by atoms with Crippen LogP contribution in [0.25, 0.3) is 11.4 Å². The molecule has 1 aliphatic rings. The Kier molecular flexibility index (Phi) is 3.94. The van der Waals surface area contributed by atoms with Gasteiger partial charge in [-0.05, 0) is 39.5 Å². The number of sulfone groups is 1. The lowest BCUT2D eigenvalue weighted by Gasteiger charge is -2.22. The van der Waals surface area contributed by atoms with Crippen LogP contribution in [0.3, 0.4) is 0 Å². The molecule has 0 atom stereocenters. The molecule has 0 unspecified atom stereocenters. The van der Waals surface area contributed by atoms with Crippen molar-refractivity contribution in [3.8, 4) is 11.4 Å². The molecular weight excluding hydrogens is 334 g/mol. The van der Waals surface area contributed by atoms with Crippen LogP contribution in [0.2, 0.25) is 0 Å². The molecule has 2 aromatic rings. The molecule has 2 N–H and O–H groups in total. The Labute approximate surface area is 139 Å². The molecule has 9 nitrogen and oxygen atoms in total. The lowest BCUT2D eigenvalue weighted by atomic mass is 10.2. The van der Waals surface area contributed by atoms with E-state index in [2.05, 4.69) is 25.7 Å². The number of amides is 1. The second-order valence-electron chi connectivity index (χ2n) is 6.49. The molecule has 0 spiro atoms. The Balaban J connectivity index is 1.74. The summed E-state index contributed by atoms with van der Waals surface area (Å²) in [5, 5.41) is 12.7. The van der Waals surface area contributed by atoms with Crippen LogP contribution in [0.4, 0.5) is 5.95 Å². The van der Waals surface area contributed by atoms with E-state index in [1.807, 2.05) is 0 Å². The molecule has 0 saturated heterocycles. The number of carbonyl (C=O) groups excluding carboxylic acids is 1. The zero-order valence-corrected chi connectivity index (χ0v) is 14.5. The van der Waals surface area contributed by atoms with Gasteiger partial charge in [-0.15, -0.1) is 5.10 Å². The number of hydrogen-bond acceptors (Lipinski definition) is 7. The van der Waals surface area contributed by atoms with E-state index in [1.54, 1.807) is 6.92 Å². The number of nitrogens with zero attached hydrogens (tertiary/aromatic N) is 3. The number of anilines is 1. The van der Waals surface area contributed by atoms with Crippen molar-refractivity contribution in [2.75, 3.05) is 11.1 Å². The van der Waals surface area contributed by atoms with E-state index in [1.165, 1.54) is 20.0 Å². The van der Waals surface area contributed by atoms with Gasteiger partial charge in [0.05, 0.1) is 17.5 Å². The molecule has 0 radical (unpaired) electrons. The van der Waals surface area contributed by atoms with Gasteiger partial charge in [-0.2, -0.15) is 4.98 Å². The zero-order chi connectivity index (χ0) is 17.5. The number of rotatable bonds is 6. The average Bonchev–Trinajstić information content (AvgIpc) is 3.00. The van der Waals surface area contributed by atoms with Crippen molar-refractivity contribution >= 4 is 21.7 Å². The number of aryl methyl sites for hydroxylation is 1. The first-order chi connectivity index (χ1) is 11.2. The average molecular weight is 353 g/mol. The summed E-state index contributed by atoms with van der Waals surface area (Å²) in [6, 6.07) is 0. The molecule has 1 aliphatic carbocycles. The van der Waals surface area contributed by atoms with Crippen molar-refractivity contribution in [1.29, 1.82) is 0 Å². The molecule has 1 amide bonds. The fourth-order valence-electron chi connectivity index (χ4n) is 2.16. The number of carbonyl (C=O) groups is 1. The number of aromatic nitrogens is 4. The van der Waals surface area contributed by atoms with E-state index in [0.717, 1.165) is 12.8 Å². The monoisotopic (exact) mass is 353 g/mol. The largest absolute Gasteiger partial charge is 0.361 e. The van der Waals surface area contributed by atoms with Gasteiger partial charge in [0.15, 0.2) is 15.7 Å². The Morgan fingerprint density at radius 3 is 2.75 bits per heavy atom. The summed E-state index contributed by atoms with van der Waals surface area (Å²) in [7, 11) is -3.56. The normalized spacial score (nSPS) is 15.5. The Morgan fingerprint density at radius 2 is 2.17 bits per heavy atom. The van der Waals surface area contributed by atoms with Crippen molar-refractivity contribution in [3.05, 3.63) is 12.0 Å². The highest BCUT2D eigenvalue weighted by molar-refractivity contribution is 7.93. The first kappa shape index (κ1) is 16.6. The topological polar surface area (TPSA) is 131 Å². The lowest BCUT2D eigenvalue weighted by Crippen LogP contribution is -2.46. The molecule has 0 aliphatic heterocycles. The minimum Gasteiger partial charge on any atom is -0.361 e. The van der Waals surface area contributed by atoms with Crippen molar-refractivity contribution in [2.24, 2.45) is 5.92 Å². The predicted octanol–water partition coefficient (Wildman–Crippen LogP) is 1.31. The van der Waals surface area contributed by atoms with Crippen LogP contribution >= 0.6 is 0 Å². The fraction of sp³-hybridized carbons (Fsp3) is 0.571. The van der Waals surface area contributed by atoms with E-state index in [9.17, 15) is 13.2 Å². The molecule has 130 valence electrons. The van der Waals surface area contributed by atoms with Gasteiger partial charge in [-0.25, -0.2) is 8.42 Å². The van der Waals surface area contributed by atoms with Crippen molar-refractivity contribution in [3.63, 3.8) is 0 Å². The van der Waals surface area contributed by atoms with Gasteiger partial charge in [0.1, 0.15) is 10.5 Å². The second kappa shape index (κ2) is 5.69. The zero-order valence-electron chi connectivity index (χ0n) is 13.7. The Hall–Kier alpha value is -2.23. The van der Waals surface area contributed by atoms with Crippen LogP contribution in [0, 0.1) is 12.8 Å². The quantitative estimate of drug-likeness (QED) is 0.800. The van der Waals surface area contributed by atoms with E-state index in [0.29, 0.717) is 17.1 Å². The van der Waals surface area contributed by atoms with Gasteiger partial charge in [0.25, 0.3) is 0 Å². The number of nitrogens with one attached hydrogen (secondary N) is 2. The maximum atomic E-state index is 12.4. The number of hydrogen-bond donors (Lipinski definition) is 2. The van der Waals surface area contributed by atoms with Gasteiger partial charge in [0.2, 0.25) is 11.9 Å². The summed E-state index contributed by atoms with van der Waals surface area (Å²) < 4.78 is 28.3. The fourth-order valence-corrected chi connectivity index (χ4v) is 3.86. The SMILES string of the molecule is Cc1oncc1-c1nc(NC(=O)C(C)(C)S(=O)(=O)CC2CC2)n[nH]1. The van der Waals surface area contributed by atoms with Crippen LogP contribution in [-0.4, -0.2) is 45.2 Å². The van der Waals surface area contributed by atoms with Crippen LogP contribution < -0.4 is 5.32 Å². The molecule has 0 bridgehead atoms. The third-order valence-electron chi connectivity index (χ3n) is 4.19. The maximum Gasteiger partial charge on any atom is 0.249 e. The van der Waals surface area contributed by atoms with E-state index >= 15 is 0 Å². The van der Waals surface area contributed by atoms with Crippen LogP contribution in [-0.2, 0) is 14.6 Å². The lowest BCUT2D eigenvalue weighted by molar-refractivity contribution is -0.117. The number of aromatic amines is 1. The molecule has 24 heavy (non-hydrogen) atoms. The van der Waals surface area contributed by atoms with Gasteiger partial charge in [0, 0.05) is 0 Å². The van der Waals surface area contributed by atoms with Crippen LogP contribution in [0.1, 0.15) is 32.4 Å². The van der Waals surface area contributed by atoms with Gasteiger partial charge in [-0.3, -0.25) is 15.2 Å². The maximum absolute atomic E-state index is 12.4. The summed E-state index contributed by atoms with van der Waals surface area (Å²) >= 11 is 0. The summed E-state index contributed by atoms with van der Waals surface area (Å²) in [5.41, 5.74) is 0.614. The molecule has 1 saturated carbocycles. The Bertz CT molecular complexity index is 863. The summed E-state index contributed by atoms with van der Waals surface area (Å²) in [4.78, 5) is 16.6. The first-order valence-corrected chi connectivity index (χ1v) is 9.24. The third-order valence-corrected chi connectivity index (χ3v) is 6.84. The molecule has 0 aromatic carbocycles. The highest BCUT2D eigenvalue weighted by Gasteiger charge is 2.44. The smallest absolute Gasteiger partial charge is 0.249 e. The van der Waals surface area contributed by atoms with Crippen molar-refractivity contribution < 1.29 is 17.7 Å². The third kappa shape index (κ3) is 3.05. The summed E-state index contributed by atoms with van der Waals surface area (Å²) in [6.45, 7) is 4.52. The molecule has 2 aromatic heterocycles. The standard InChI is InChI=1S/C14H19N5O4S/c1-8-10(6-15-23-8)11-16-13(19-18-11)17-12(20)14(2,3)24(21,22)7-9-4-5-9/h6,9H,4-5,7H2,1-3H3,(H2,16,17,18,19,20). The summed E-state index contributed by atoms with van der Waals surface area (Å²) in [6.07, 6.45) is 3.28. The molecular formula is C14H19N5O4S. The van der Waals surface area contributed by atoms with E-state index in [-0.39, 0.29) is 17.6 Å². The summed E-state index contributed by atoms with van der Waals surface area (Å²) in [5.74, 6) is 0.487. The van der Waals surface area contributed by atoms with Gasteiger partial charge >= 0.3 is 0 Å². The van der Waals surface area contributed by atoms with Crippen LogP contribution in [0.5, 0.6) is 0 Å². The van der Waals surface area contributed by atoms with Crippen LogP contribution in [0.15, 0.2) is 10.7 Å². The van der Waals surface area contributed by atoms with E-state index in [4.69, 9.17) is 4.52 Å². The van der Waals surface area contributed by atoms with Crippen molar-refractivity contribution in [1.82, 2.24) is 20.3 Å². The highest BCUT2D eigenvalue weighted by atomic mass is 32.2. The van der Waals surface area contributed by atoms with Crippen molar-refractivity contribution in [2.45, 2.75) is 38.4 Å².